The predicted molar refractivity (Wildman–Crippen MR) is 71.6 cm³/mol. The molecule has 0 saturated heterocycles. The van der Waals surface area contributed by atoms with Crippen LogP contribution in [0.3, 0.4) is 0 Å². The Bertz CT molecular complexity index is 356. The molecule has 0 amide bonds. The van der Waals surface area contributed by atoms with E-state index in [1.165, 1.54) is 48.8 Å². The summed E-state index contributed by atoms with van der Waals surface area (Å²) in [5, 5.41) is 0. The first-order valence-corrected chi connectivity index (χ1v) is 6.59. The molecule has 1 aliphatic rings. The summed E-state index contributed by atoms with van der Waals surface area (Å²) < 4.78 is 0. The molecule has 0 atom stereocenters. The fraction of sp³-hybridized carbons (Fsp3) is 0.500. The Morgan fingerprint density at radius 3 is 2.69 bits per heavy atom. The van der Waals surface area contributed by atoms with E-state index in [9.17, 15) is 0 Å². The summed E-state index contributed by atoms with van der Waals surface area (Å²) in [6, 6.07) is 9.04. The Kier molecular flexibility index (Phi) is 3.82. The van der Waals surface area contributed by atoms with E-state index in [4.69, 9.17) is 0 Å². The van der Waals surface area contributed by atoms with Crippen LogP contribution in [0.15, 0.2) is 30.8 Å². The summed E-state index contributed by atoms with van der Waals surface area (Å²) in [6.07, 6.45) is 8.04. The smallest absolute Gasteiger partial charge is 0.0162 e. The van der Waals surface area contributed by atoms with Crippen LogP contribution < -0.4 is 0 Å². The minimum Gasteiger partial charge on any atom is -0.0952 e. The molecular weight excluding hydrogens is 192 g/mol. The summed E-state index contributed by atoms with van der Waals surface area (Å²) >= 11 is 0. The highest BCUT2D eigenvalue weighted by Crippen LogP contribution is 2.33. The van der Waals surface area contributed by atoms with Crippen LogP contribution in [-0.4, -0.2) is 0 Å². The van der Waals surface area contributed by atoms with Crippen molar-refractivity contribution in [2.45, 2.75) is 51.4 Å². The molecule has 0 radical (unpaired) electrons. The van der Waals surface area contributed by atoms with Gasteiger partial charge in [-0.2, -0.15) is 0 Å². The standard InChI is InChI=1S/C16H22/c1-3-13(2)15-10-7-11-16(12-15)14-8-5-4-6-9-14/h7,10-12,14H,2-6,8-9H2,1H3. The molecular formula is C16H22. The molecule has 0 N–H and O–H groups in total. The van der Waals surface area contributed by atoms with Crippen molar-refractivity contribution >= 4 is 5.57 Å². The monoisotopic (exact) mass is 214 g/mol. The fourth-order valence-electron chi connectivity index (χ4n) is 2.65. The zero-order valence-electron chi connectivity index (χ0n) is 10.3. The van der Waals surface area contributed by atoms with Crippen LogP contribution in [0.2, 0.25) is 0 Å². The number of benzene rings is 1. The number of rotatable bonds is 3. The Balaban J connectivity index is 2.17. The quantitative estimate of drug-likeness (QED) is 0.652. The van der Waals surface area contributed by atoms with Crippen LogP contribution in [0.4, 0.5) is 0 Å². The van der Waals surface area contributed by atoms with Gasteiger partial charge in [-0.25, -0.2) is 0 Å². The zero-order valence-corrected chi connectivity index (χ0v) is 10.3. The topological polar surface area (TPSA) is 0 Å². The molecule has 0 aliphatic heterocycles. The third-order valence-electron chi connectivity index (χ3n) is 3.80. The lowest BCUT2D eigenvalue weighted by Crippen LogP contribution is -2.04. The summed E-state index contributed by atoms with van der Waals surface area (Å²) in [4.78, 5) is 0. The van der Waals surface area contributed by atoms with E-state index >= 15 is 0 Å². The highest BCUT2D eigenvalue weighted by Gasteiger charge is 2.15. The summed E-state index contributed by atoms with van der Waals surface area (Å²) in [5.41, 5.74) is 4.13. The molecule has 1 aromatic rings. The summed E-state index contributed by atoms with van der Waals surface area (Å²) in [6.45, 7) is 6.31. The van der Waals surface area contributed by atoms with E-state index < -0.39 is 0 Å². The Morgan fingerprint density at radius 1 is 1.25 bits per heavy atom. The molecule has 1 saturated carbocycles. The van der Waals surface area contributed by atoms with Crippen LogP contribution in [0, 0.1) is 0 Å². The number of allylic oxidation sites excluding steroid dienone is 1. The van der Waals surface area contributed by atoms with Gasteiger partial charge in [-0.3, -0.25) is 0 Å². The molecule has 1 aromatic carbocycles. The third kappa shape index (κ3) is 2.55. The van der Waals surface area contributed by atoms with Crippen molar-refractivity contribution in [3.05, 3.63) is 42.0 Å². The SMILES string of the molecule is C=C(CC)c1cccc(C2CCCCC2)c1. The second kappa shape index (κ2) is 5.34. The van der Waals surface area contributed by atoms with E-state index in [2.05, 4.69) is 37.8 Å². The summed E-state index contributed by atoms with van der Waals surface area (Å²) in [5.74, 6) is 0.804. The third-order valence-corrected chi connectivity index (χ3v) is 3.80. The van der Waals surface area contributed by atoms with Crippen molar-refractivity contribution in [3.8, 4) is 0 Å². The van der Waals surface area contributed by atoms with E-state index in [0.717, 1.165) is 12.3 Å². The van der Waals surface area contributed by atoms with Crippen molar-refractivity contribution in [1.29, 1.82) is 0 Å². The van der Waals surface area contributed by atoms with Gasteiger partial charge in [0.05, 0.1) is 0 Å². The van der Waals surface area contributed by atoms with Gasteiger partial charge in [0.2, 0.25) is 0 Å². The first-order chi connectivity index (χ1) is 7.81. The zero-order chi connectivity index (χ0) is 11.4. The maximum atomic E-state index is 4.13. The average Bonchev–Trinajstić information content (AvgIpc) is 2.39. The summed E-state index contributed by atoms with van der Waals surface area (Å²) in [7, 11) is 0. The minimum atomic E-state index is 0.804. The molecule has 0 bridgehead atoms. The van der Waals surface area contributed by atoms with E-state index in [1.807, 2.05) is 0 Å². The average molecular weight is 214 g/mol. The van der Waals surface area contributed by atoms with Gasteiger partial charge in [0.25, 0.3) is 0 Å². The van der Waals surface area contributed by atoms with Crippen molar-refractivity contribution in [2.24, 2.45) is 0 Å². The lowest BCUT2D eigenvalue weighted by molar-refractivity contribution is 0.443. The minimum absolute atomic E-state index is 0.804. The van der Waals surface area contributed by atoms with Crippen LogP contribution in [0.1, 0.15) is 62.5 Å². The largest absolute Gasteiger partial charge is 0.0952 e. The van der Waals surface area contributed by atoms with Crippen molar-refractivity contribution < 1.29 is 0 Å². The second-order valence-corrected chi connectivity index (χ2v) is 4.92. The van der Waals surface area contributed by atoms with Gasteiger partial charge in [0, 0.05) is 0 Å². The molecule has 2 rings (SSSR count). The first kappa shape index (κ1) is 11.4. The van der Waals surface area contributed by atoms with Gasteiger partial charge in [0.1, 0.15) is 0 Å². The molecule has 0 heteroatoms. The van der Waals surface area contributed by atoms with Gasteiger partial charge < -0.3 is 0 Å². The fourth-order valence-corrected chi connectivity index (χ4v) is 2.65. The highest BCUT2D eigenvalue weighted by molar-refractivity contribution is 5.63. The van der Waals surface area contributed by atoms with Gasteiger partial charge in [0.15, 0.2) is 0 Å². The van der Waals surface area contributed by atoms with Crippen LogP contribution in [0.5, 0.6) is 0 Å². The molecule has 0 unspecified atom stereocenters. The first-order valence-electron chi connectivity index (χ1n) is 6.59. The van der Waals surface area contributed by atoms with Gasteiger partial charge in [-0.1, -0.05) is 57.0 Å². The lowest BCUT2D eigenvalue weighted by atomic mass is 9.83. The predicted octanol–water partition coefficient (Wildman–Crippen LogP) is 5.16. The molecule has 0 aromatic heterocycles. The van der Waals surface area contributed by atoms with Crippen molar-refractivity contribution in [2.75, 3.05) is 0 Å². The molecule has 0 spiro atoms. The van der Waals surface area contributed by atoms with Gasteiger partial charge in [-0.15, -0.1) is 0 Å². The van der Waals surface area contributed by atoms with Crippen LogP contribution in [0.25, 0.3) is 5.57 Å². The molecule has 16 heavy (non-hydrogen) atoms. The van der Waals surface area contributed by atoms with Crippen LogP contribution >= 0.6 is 0 Å². The molecule has 0 heterocycles. The van der Waals surface area contributed by atoms with Gasteiger partial charge in [-0.05, 0) is 41.9 Å². The Labute approximate surface area is 99.4 Å². The Hall–Kier alpha value is -1.04. The molecule has 0 nitrogen and oxygen atoms in total. The van der Waals surface area contributed by atoms with Crippen molar-refractivity contribution in [3.63, 3.8) is 0 Å². The molecule has 1 aliphatic carbocycles. The molecule has 86 valence electrons. The maximum absolute atomic E-state index is 4.13. The van der Waals surface area contributed by atoms with Gasteiger partial charge >= 0.3 is 0 Å². The van der Waals surface area contributed by atoms with E-state index in [-0.39, 0.29) is 0 Å². The second-order valence-electron chi connectivity index (χ2n) is 4.92. The van der Waals surface area contributed by atoms with E-state index in [1.54, 1.807) is 0 Å². The lowest BCUT2D eigenvalue weighted by Gasteiger charge is -2.22. The highest BCUT2D eigenvalue weighted by atomic mass is 14.2. The number of hydrogen-bond donors (Lipinski definition) is 0. The molecule has 1 fully saturated rings. The van der Waals surface area contributed by atoms with E-state index in [0.29, 0.717) is 0 Å². The van der Waals surface area contributed by atoms with Crippen LogP contribution in [-0.2, 0) is 0 Å². The Morgan fingerprint density at radius 2 is 2.00 bits per heavy atom. The van der Waals surface area contributed by atoms with Crippen molar-refractivity contribution in [1.82, 2.24) is 0 Å². The normalized spacial score (nSPS) is 17.3. The maximum Gasteiger partial charge on any atom is -0.0162 e. The number of hydrogen-bond acceptors (Lipinski definition) is 0.